The van der Waals surface area contributed by atoms with E-state index in [0.29, 0.717) is 0 Å². The lowest BCUT2D eigenvalue weighted by molar-refractivity contribution is -0.143. The van der Waals surface area contributed by atoms with E-state index >= 15 is 0 Å². The molecule has 0 aromatic carbocycles. The molecule has 0 bridgehead atoms. The first-order valence-electron chi connectivity index (χ1n) is 7.37. The maximum atomic E-state index is 12.3. The summed E-state index contributed by atoms with van der Waals surface area (Å²) in [5.74, 6) is -2.13. The number of amides is 2. The Morgan fingerprint density at radius 2 is 1.36 bits per heavy atom. The number of aliphatic carboxylic acids is 1. The van der Waals surface area contributed by atoms with Gasteiger partial charge in [-0.25, -0.2) is 9.59 Å². The predicted molar refractivity (Wildman–Crippen MR) is 82.4 cm³/mol. The van der Waals surface area contributed by atoms with Gasteiger partial charge in [-0.05, 0) is 32.6 Å². The zero-order valence-corrected chi connectivity index (χ0v) is 14.4. The van der Waals surface area contributed by atoms with E-state index in [-0.39, 0.29) is 11.8 Å². The minimum atomic E-state index is -1.11. The second kappa shape index (κ2) is 8.00. The first-order chi connectivity index (χ1) is 9.85. The number of nitrogens with one attached hydrogen (secondary N) is 2. The Balaban J connectivity index is 4.92. The third-order valence-corrected chi connectivity index (χ3v) is 2.85. The summed E-state index contributed by atoms with van der Waals surface area (Å²) in [5.41, 5.74) is -0.677. The van der Waals surface area contributed by atoms with Crippen molar-refractivity contribution >= 4 is 18.0 Å². The number of carboxylic acid groups (broad SMARTS) is 1. The standard InChI is InChI=1S/C15H28N2O5/c1-8(2)10(17-14(21)22-15(5,6)7)12(18)16-11(9(3)4)13(19)20/h8-11H,1-7H3,(H,16,18)(H,17,21)(H,19,20)/t10-,11-/m1/s1. The fraction of sp³-hybridized carbons (Fsp3) is 0.800. The quantitative estimate of drug-likeness (QED) is 0.692. The highest BCUT2D eigenvalue weighted by molar-refractivity contribution is 5.89. The molecule has 0 fully saturated rings. The molecule has 0 aromatic heterocycles. The number of carbonyl (C=O) groups is 3. The molecule has 0 unspecified atom stereocenters. The molecule has 0 rings (SSSR count). The highest BCUT2D eigenvalue weighted by atomic mass is 16.6. The van der Waals surface area contributed by atoms with Crippen molar-refractivity contribution in [1.29, 1.82) is 0 Å². The van der Waals surface area contributed by atoms with Crippen LogP contribution in [0.15, 0.2) is 0 Å². The number of ether oxygens (including phenoxy) is 1. The number of alkyl carbamates (subject to hydrolysis) is 1. The summed E-state index contributed by atoms with van der Waals surface area (Å²) in [6.07, 6.45) is -0.710. The molecule has 0 heterocycles. The van der Waals surface area contributed by atoms with Crippen LogP contribution in [-0.4, -0.2) is 40.8 Å². The van der Waals surface area contributed by atoms with E-state index in [1.165, 1.54) is 0 Å². The fourth-order valence-corrected chi connectivity index (χ4v) is 1.73. The highest BCUT2D eigenvalue weighted by Gasteiger charge is 2.31. The zero-order valence-electron chi connectivity index (χ0n) is 14.4. The number of carbonyl (C=O) groups excluding carboxylic acids is 2. The first kappa shape index (κ1) is 20.2. The topological polar surface area (TPSA) is 105 Å². The fourth-order valence-electron chi connectivity index (χ4n) is 1.73. The van der Waals surface area contributed by atoms with Crippen LogP contribution in [0.4, 0.5) is 4.79 Å². The predicted octanol–water partition coefficient (Wildman–Crippen LogP) is 1.76. The normalized spacial score (nSPS) is 14.4. The monoisotopic (exact) mass is 316 g/mol. The molecule has 7 heteroatoms. The third-order valence-electron chi connectivity index (χ3n) is 2.85. The van der Waals surface area contributed by atoms with Gasteiger partial charge in [0.2, 0.25) is 5.91 Å². The maximum Gasteiger partial charge on any atom is 0.408 e. The Bertz CT molecular complexity index is 413. The summed E-state index contributed by atoms with van der Waals surface area (Å²) in [4.78, 5) is 35.2. The van der Waals surface area contributed by atoms with Crippen LogP contribution in [0.3, 0.4) is 0 Å². The Labute approximate surface area is 131 Å². The second-order valence-electron chi connectivity index (χ2n) is 6.94. The van der Waals surface area contributed by atoms with Gasteiger partial charge in [0, 0.05) is 0 Å². The lowest BCUT2D eigenvalue weighted by Gasteiger charge is -2.27. The molecular weight excluding hydrogens is 288 g/mol. The van der Waals surface area contributed by atoms with Gasteiger partial charge >= 0.3 is 12.1 Å². The molecule has 0 saturated heterocycles. The Morgan fingerprint density at radius 1 is 0.909 bits per heavy atom. The van der Waals surface area contributed by atoms with Gasteiger partial charge in [0.25, 0.3) is 0 Å². The largest absolute Gasteiger partial charge is 0.480 e. The van der Waals surface area contributed by atoms with Gasteiger partial charge in [-0.1, -0.05) is 27.7 Å². The SMILES string of the molecule is CC(C)[C@@H](NC(=O)[C@H](NC(=O)OC(C)(C)C)C(C)C)C(=O)O. The van der Waals surface area contributed by atoms with E-state index in [0.717, 1.165) is 0 Å². The third kappa shape index (κ3) is 7.28. The summed E-state index contributed by atoms with van der Waals surface area (Å²) in [5, 5.41) is 14.1. The van der Waals surface area contributed by atoms with Crippen molar-refractivity contribution in [1.82, 2.24) is 10.6 Å². The average molecular weight is 316 g/mol. The number of hydrogen-bond donors (Lipinski definition) is 3. The molecule has 3 N–H and O–H groups in total. The Kier molecular flexibility index (Phi) is 7.35. The van der Waals surface area contributed by atoms with Crippen molar-refractivity contribution in [2.24, 2.45) is 11.8 Å². The molecule has 0 saturated carbocycles. The van der Waals surface area contributed by atoms with E-state index in [9.17, 15) is 14.4 Å². The average Bonchev–Trinajstić information content (AvgIpc) is 2.29. The van der Waals surface area contributed by atoms with Crippen LogP contribution in [0.1, 0.15) is 48.5 Å². The summed E-state index contributed by atoms with van der Waals surface area (Å²) in [7, 11) is 0. The molecule has 0 radical (unpaired) electrons. The molecule has 22 heavy (non-hydrogen) atoms. The molecule has 0 aliphatic heterocycles. The van der Waals surface area contributed by atoms with Gasteiger partial charge in [-0.15, -0.1) is 0 Å². The van der Waals surface area contributed by atoms with Crippen LogP contribution >= 0.6 is 0 Å². The summed E-state index contributed by atoms with van der Waals surface area (Å²) in [6.45, 7) is 12.1. The summed E-state index contributed by atoms with van der Waals surface area (Å²) >= 11 is 0. The van der Waals surface area contributed by atoms with Gasteiger partial charge in [-0.2, -0.15) is 0 Å². The number of hydrogen-bond acceptors (Lipinski definition) is 4. The van der Waals surface area contributed by atoms with Crippen LogP contribution in [0, 0.1) is 11.8 Å². The Hall–Kier alpha value is -1.79. The minimum Gasteiger partial charge on any atom is -0.480 e. The first-order valence-corrected chi connectivity index (χ1v) is 7.37. The van der Waals surface area contributed by atoms with E-state index in [1.54, 1.807) is 48.5 Å². The molecule has 0 aliphatic carbocycles. The maximum absolute atomic E-state index is 12.3. The summed E-state index contributed by atoms with van der Waals surface area (Å²) in [6, 6.07) is -1.87. The number of rotatable bonds is 6. The van der Waals surface area contributed by atoms with Crippen LogP contribution in [0.5, 0.6) is 0 Å². The molecular formula is C15H28N2O5. The Morgan fingerprint density at radius 3 is 1.68 bits per heavy atom. The molecule has 7 nitrogen and oxygen atoms in total. The van der Waals surface area contributed by atoms with Crippen LogP contribution in [0.25, 0.3) is 0 Å². The molecule has 0 spiro atoms. The lowest BCUT2D eigenvalue weighted by atomic mass is 10.0. The second-order valence-corrected chi connectivity index (χ2v) is 6.94. The zero-order chi connectivity index (χ0) is 17.7. The smallest absolute Gasteiger partial charge is 0.408 e. The van der Waals surface area contributed by atoms with Crippen molar-refractivity contribution < 1.29 is 24.2 Å². The van der Waals surface area contributed by atoms with Crippen molar-refractivity contribution in [3.05, 3.63) is 0 Å². The molecule has 128 valence electrons. The highest BCUT2D eigenvalue weighted by Crippen LogP contribution is 2.10. The van der Waals surface area contributed by atoms with E-state index in [1.807, 2.05) is 0 Å². The molecule has 2 atom stereocenters. The van der Waals surface area contributed by atoms with Gasteiger partial charge in [0.1, 0.15) is 17.7 Å². The van der Waals surface area contributed by atoms with Crippen molar-refractivity contribution in [3.8, 4) is 0 Å². The van der Waals surface area contributed by atoms with Crippen molar-refractivity contribution in [2.75, 3.05) is 0 Å². The minimum absolute atomic E-state index is 0.214. The van der Waals surface area contributed by atoms with Crippen LogP contribution in [-0.2, 0) is 14.3 Å². The van der Waals surface area contributed by atoms with Crippen molar-refractivity contribution in [2.45, 2.75) is 66.2 Å². The van der Waals surface area contributed by atoms with Gasteiger partial charge in [0.15, 0.2) is 0 Å². The molecule has 0 aromatic rings. The number of carboxylic acids is 1. The lowest BCUT2D eigenvalue weighted by Crippen LogP contribution is -2.55. The van der Waals surface area contributed by atoms with Crippen LogP contribution in [0.2, 0.25) is 0 Å². The van der Waals surface area contributed by atoms with Crippen LogP contribution < -0.4 is 10.6 Å². The summed E-state index contributed by atoms with van der Waals surface area (Å²) < 4.78 is 5.12. The van der Waals surface area contributed by atoms with Gasteiger partial charge in [-0.3, -0.25) is 4.79 Å². The van der Waals surface area contributed by atoms with E-state index in [2.05, 4.69) is 10.6 Å². The van der Waals surface area contributed by atoms with Gasteiger partial charge in [0.05, 0.1) is 0 Å². The van der Waals surface area contributed by atoms with E-state index < -0.39 is 35.7 Å². The molecule has 0 aliphatic rings. The van der Waals surface area contributed by atoms with Gasteiger partial charge < -0.3 is 20.5 Å². The molecule has 2 amide bonds. The van der Waals surface area contributed by atoms with Crippen molar-refractivity contribution in [3.63, 3.8) is 0 Å². The van der Waals surface area contributed by atoms with E-state index in [4.69, 9.17) is 9.84 Å².